The Morgan fingerprint density at radius 1 is 1.20 bits per heavy atom. The molecule has 0 saturated heterocycles. The molecule has 1 atom stereocenters. The molecule has 0 amide bonds. The van der Waals surface area contributed by atoms with E-state index in [0.717, 1.165) is 56.6 Å². The number of hydrogen-bond acceptors (Lipinski definition) is 4. The lowest BCUT2D eigenvalue weighted by molar-refractivity contribution is 0.391. The Labute approximate surface area is 179 Å². The zero-order valence-electron chi connectivity index (χ0n) is 18.3. The first-order valence-electron chi connectivity index (χ1n) is 11.1. The van der Waals surface area contributed by atoms with Gasteiger partial charge in [0.2, 0.25) is 0 Å². The van der Waals surface area contributed by atoms with E-state index in [1.807, 2.05) is 0 Å². The van der Waals surface area contributed by atoms with Crippen molar-refractivity contribution in [2.45, 2.75) is 58.7 Å². The molecule has 0 saturated carbocycles. The zero-order valence-corrected chi connectivity index (χ0v) is 18.3. The van der Waals surface area contributed by atoms with Crippen LogP contribution in [0.4, 0.5) is 5.69 Å². The van der Waals surface area contributed by atoms with Gasteiger partial charge in [-0.25, -0.2) is 14.7 Å². The molecule has 4 rings (SSSR count). The van der Waals surface area contributed by atoms with Gasteiger partial charge < -0.3 is 15.5 Å². The standard InChI is InChI=1S/C23H33N7/c1-4-24-23(25-15-18-7-10-20(11-8-18)29-13-5-6-14-29)26-19-9-12-21-27-22(17(2)3)28-30(21)16-19/h5-8,10-11,17,19H,4,9,12-16H2,1-3H3,(H2,24,25,26). The Bertz CT molecular complexity index is 887. The lowest BCUT2D eigenvalue weighted by Gasteiger charge is -2.25. The van der Waals surface area contributed by atoms with Crippen LogP contribution in [0.15, 0.2) is 41.4 Å². The van der Waals surface area contributed by atoms with Gasteiger partial charge in [0.25, 0.3) is 0 Å². The molecule has 0 radical (unpaired) electrons. The molecular weight excluding hydrogens is 374 g/mol. The molecule has 160 valence electrons. The molecule has 2 aromatic rings. The van der Waals surface area contributed by atoms with E-state index in [1.165, 1.54) is 11.3 Å². The van der Waals surface area contributed by atoms with Gasteiger partial charge in [-0.05, 0) is 31.0 Å². The zero-order chi connectivity index (χ0) is 20.9. The maximum atomic E-state index is 4.82. The number of fused-ring (bicyclic) bond motifs is 1. The predicted octanol–water partition coefficient (Wildman–Crippen LogP) is 2.85. The molecule has 7 nitrogen and oxygen atoms in total. The number of nitrogens with one attached hydrogen (secondary N) is 2. The third kappa shape index (κ3) is 4.83. The molecule has 3 heterocycles. The number of anilines is 1. The van der Waals surface area contributed by atoms with Crippen molar-refractivity contribution in [3.63, 3.8) is 0 Å². The molecule has 2 N–H and O–H groups in total. The van der Waals surface area contributed by atoms with Crippen LogP contribution in [-0.2, 0) is 19.5 Å². The van der Waals surface area contributed by atoms with E-state index in [2.05, 4.69) is 87.5 Å². The van der Waals surface area contributed by atoms with Crippen LogP contribution in [-0.4, -0.2) is 46.4 Å². The van der Waals surface area contributed by atoms with Gasteiger partial charge in [-0.3, -0.25) is 0 Å². The van der Waals surface area contributed by atoms with E-state index in [0.29, 0.717) is 18.5 Å². The Balaban J connectivity index is 1.36. The first kappa shape index (κ1) is 20.4. The number of aryl methyl sites for hydroxylation is 1. The fourth-order valence-corrected chi connectivity index (χ4v) is 3.88. The van der Waals surface area contributed by atoms with Gasteiger partial charge in [-0.15, -0.1) is 0 Å². The number of rotatable bonds is 6. The van der Waals surface area contributed by atoms with Crippen molar-refractivity contribution < 1.29 is 0 Å². The minimum atomic E-state index is 0.307. The Hall–Kier alpha value is -2.83. The lowest BCUT2D eigenvalue weighted by atomic mass is 10.1. The van der Waals surface area contributed by atoms with Gasteiger partial charge in [-0.2, -0.15) is 5.10 Å². The van der Waals surface area contributed by atoms with E-state index in [1.54, 1.807) is 0 Å². The van der Waals surface area contributed by atoms with Gasteiger partial charge in [0.15, 0.2) is 11.8 Å². The predicted molar refractivity (Wildman–Crippen MR) is 122 cm³/mol. The second-order valence-corrected chi connectivity index (χ2v) is 8.34. The number of aliphatic imine (C=N–C) groups is 1. The fourth-order valence-electron chi connectivity index (χ4n) is 3.88. The highest BCUT2D eigenvalue weighted by molar-refractivity contribution is 5.80. The molecule has 1 unspecified atom stereocenters. The summed E-state index contributed by atoms with van der Waals surface area (Å²) in [6, 6.07) is 9.05. The summed E-state index contributed by atoms with van der Waals surface area (Å²) in [7, 11) is 0. The molecule has 0 aliphatic carbocycles. The van der Waals surface area contributed by atoms with Crippen LogP contribution in [0, 0.1) is 0 Å². The van der Waals surface area contributed by atoms with Gasteiger partial charge >= 0.3 is 0 Å². The lowest BCUT2D eigenvalue weighted by Crippen LogP contribution is -2.47. The SMILES string of the molecule is CCNC(=NCc1ccc(N2CC=CC2)cc1)NC1CCc2nc(C(C)C)nn2C1. The number of hydrogen-bond donors (Lipinski definition) is 2. The maximum Gasteiger partial charge on any atom is 0.191 e. The first-order chi connectivity index (χ1) is 14.6. The average Bonchev–Trinajstić information content (AvgIpc) is 3.42. The summed E-state index contributed by atoms with van der Waals surface area (Å²) in [6.07, 6.45) is 6.41. The van der Waals surface area contributed by atoms with Gasteiger partial charge in [0, 0.05) is 43.7 Å². The summed E-state index contributed by atoms with van der Waals surface area (Å²) >= 11 is 0. The minimum Gasteiger partial charge on any atom is -0.364 e. The van der Waals surface area contributed by atoms with Crippen LogP contribution in [0.5, 0.6) is 0 Å². The minimum absolute atomic E-state index is 0.307. The molecule has 2 aliphatic rings. The largest absolute Gasteiger partial charge is 0.364 e. The molecule has 1 aromatic heterocycles. The second kappa shape index (κ2) is 9.32. The third-order valence-corrected chi connectivity index (χ3v) is 5.62. The van der Waals surface area contributed by atoms with E-state index >= 15 is 0 Å². The van der Waals surface area contributed by atoms with Gasteiger partial charge in [0.05, 0.1) is 13.1 Å². The smallest absolute Gasteiger partial charge is 0.191 e. The van der Waals surface area contributed by atoms with Crippen molar-refractivity contribution in [3.05, 3.63) is 53.6 Å². The van der Waals surface area contributed by atoms with Crippen molar-refractivity contribution in [2.75, 3.05) is 24.5 Å². The maximum absolute atomic E-state index is 4.82. The van der Waals surface area contributed by atoms with Crippen LogP contribution in [0.25, 0.3) is 0 Å². The monoisotopic (exact) mass is 407 g/mol. The van der Waals surface area contributed by atoms with E-state index in [4.69, 9.17) is 4.99 Å². The molecule has 30 heavy (non-hydrogen) atoms. The molecule has 0 fully saturated rings. The highest BCUT2D eigenvalue weighted by atomic mass is 15.4. The molecule has 0 bridgehead atoms. The van der Waals surface area contributed by atoms with E-state index < -0.39 is 0 Å². The molecule has 2 aliphatic heterocycles. The highest BCUT2D eigenvalue weighted by Gasteiger charge is 2.23. The van der Waals surface area contributed by atoms with Crippen LogP contribution in [0.3, 0.4) is 0 Å². The number of benzene rings is 1. The summed E-state index contributed by atoms with van der Waals surface area (Å²) < 4.78 is 2.06. The van der Waals surface area contributed by atoms with E-state index in [-0.39, 0.29) is 0 Å². The highest BCUT2D eigenvalue weighted by Crippen LogP contribution is 2.19. The summed E-state index contributed by atoms with van der Waals surface area (Å²) in [5.41, 5.74) is 2.48. The van der Waals surface area contributed by atoms with Gasteiger partial charge in [0.1, 0.15) is 5.82 Å². The van der Waals surface area contributed by atoms with E-state index in [9.17, 15) is 0 Å². The quantitative estimate of drug-likeness (QED) is 0.438. The number of guanidine groups is 1. The van der Waals surface area contributed by atoms with Crippen LogP contribution in [0.1, 0.15) is 50.3 Å². The summed E-state index contributed by atoms with van der Waals surface area (Å²) in [4.78, 5) is 11.9. The number of nitrogens with zero attached hydrogens (tertiary/aromatic N) is 5. The third-order valence-electron chi connectivity index (χ3n) is 5.62. The van der Waals surface area contributed by atoms with Crippen molar-refractivity contribution in [1.82, 2.24) is 25.4 Å². The number of aromatic nitrogens is 3. The summed E-state index contributed by atoms with van der Waals surface area (Å²) in [5.74, 6) is 3.27. The van der Waals surface area contributed by atoms with Crippen molar-refractivity contribution in [1.29, 1.82) is 0 Å². The summed E-state index contributed by atoms with van der Waals surface area (Å²) in [5, 5.41) is 11.7. The molecular formula is C23H33N7. The van der Waals surface area contributed by atoms with Crippen molar-refractivity contribution in [3.8, 4) is 0 Å². The molecule has 1 aromatic carbocycles. The average molecular weight is 408 g/mol. The Morgan fingerprint density at radius 2 is 1.97 bits per heavy atom. The molecule has 7 heteroatoms. The first-order valence-corrected chi connectivity index (χ1v) is 11.1. The van der Waals surface area contributed by atoms with Crippen molar-refractivity contribution >= 4 is 11.6 Å². The summed E-state index contributed by atoms with van der Waals surface area (Å²) in [6.45, 7) is 10.7. The second-order valence-electron chi connectivity index (χ2n) is 8.34. The van der Waals surface area contributed by atoms with Crippen LogP contribution < -0.4 is 15.5 Å². The van der Waals surface area contributed by atoms with Crippen LogP contribution in [0.2, 0.25) is 0 Å². The molecule has 0 spiro atoms. The normalized spacial score (nSPS) is 18.7. The fraction of sp³-hybridized carbons (Fsp3) is 0.522. The van der Waals surface area contributed by atoms with Crippen molar-refractivity contribution in [2.24, 2.45) is 4.99 Å². The Morgan fingerprint density at radius 3 is 2.67 bits per heavy atom. The topological polar surface area (TPSA) is 70.4 Å². The Kier molecular flexibility index (Phi) is 6.35. The van der Waals surface area contributed by atoms with Gasteiger partial charge in [-0.1, -0.05) is 38.1 Å². The van der Waals surface area contributed by atoms with Crippen LogP contribution >= 0.6 is 0 Å².